The minimum atomic E-state index is -1.10. The van der Waals surface area contributed by atoms with Gasteiger partial charge in [0.15, 0.2) is 5.76 Å². The number of carboxylic acid groups (broad SMARTS) is 1. The van der Waals surface area contributed by atoms with Crippen molar-refractivity contribution in [3.63, 3.8) is 0 Å². The zero-order valence-electron chi connectivity index (χ0n) is 11.7. The number of hydrogen-bond donors (Lipinski definition) is 1. The number of carboxylic acids is 1. The lowest BCUT2D eigenvalue weighted by Gasteiger charge is -2.21. The lowest BCUT2D eigenvalue weighted by molar-refractivity contribution is 0.0688. The number of halogens is 1. The molecule has 1 aromatic carbocycles. The van der Waals surface area contributed by atoms with Gasteiger partial charge in [0, 0.05) is 23.1 Å². The molecule has 1 amide bonds. The smallest absolute Gasteiger partial charge is 0.338 e. The maximum Gasteiger partial charge on any atom is 0.338 e. The van der Waals surface area contributed by atoms with Crippen LogP contribution in [0.4, 0.5) is 0 Å². The van der Waals surface area contributed by atoms with Gasteiger partial charge in [-0.25, -0.2) is 4.79 Å². The summed E-state index contributed by atoms with van der Waals surface area (Å²) in [6, 6.07) is 9.25. The first kappa shape index (κ1) is 14.8. The third kappa shape index (κ3) is 3.22. The number of carbonyl (C=O) groups is 2. The van der Waals surface area contributed by atoms with Crippen LogP contribution in [0.3, 0.4) is 0 Å². The van der Waals surface area contributed by atoms with Crippen molar-refractivity contribution in [1.29, 1.82) is 0 Å². The SMILES string of the molecule is O=C(O)c1coc(C(=O)N(Cc2cccc(Br)c2)C2CC2)c1. The maximum atomic E-state index is 12.6. The third-order valence-corrected chi connectivity index (χ3v) is 4.04. The third-order valence-electron chi connectivity index (χ3n) is 3.55. The van der Waals surface area contributed by atoms with Crippen LogP contribution in [0.5, 0.6) is 0 Å². The summed E-state index contributed by atoms with van der Waals surface area (Å²) in [5, 5.41) is 8.92. The van der Waals surface area contributed by atoms with E-state index in [2.05, 4.69) is 15.9 Å². The first-order valence-corrected chi connectivity index (χ1v) is 7.71. The van der Waals surface area contributed by atoms with Crippen molar-refractivity contribution in [3.05, 3.63) is 58.0 Å². The van der Waals surface area contributed by atoms with Crippen molar-refractivity contribution in [2.45, 2.75) is 25.4 Å². The molecule has 6 heteroatoms. The maximum absolute atomic E-state index is 12.6. The van der Waals surface area contributed by atoms with E-state index in [0.717, 1.165) is 29.1 Å². The van der Waals surface area contributed by atoms with Gasteiger partial charge < -0.3 is 14.4 Å². The molecule has 1 aliphatic rings. The Labute approximate surface area is 135 Å². The molecule has 1 aromatic heterocycles. The summed E-state index contributed by atoms with van der Waals surface area (Å²) in [6.45, 7) is 0.478. The fourth-order valence-electron chi connectivity index (χ4n) is 2.29. The van der Waals surface area contributed by atoms with Crippen LogP contribution in [0.15, 0.2) is 45.5 Å². The monoisotopic (exact) mass is 363 g/mol. The summed E-state index contributed by atoms with van der Waals surface area (Å²) in [6.07, 6.45) is 3.03. The van der Waals surface area contributed by atoms with E-state index in [1.807, 2.05) is 24.3 Å². The Morgan fingerprint density at radius 1 is 1.32 bits per heavy atom. The molecule has 0 saturated heterocycles. The summed E-state index contributed by atoms with van der Waals surface area (Å²) in [5.74, 6) is -1.30. The summed E-state index contributed by atoms with van der Waals surface area (Å²) in [4.78, 5) is 25.2. The van der Waals surface area contributed by atoms with E-state index in [0.29, 0.717) is 6.54 Å². The van der Waals surface area contributed by atoms with E-state index in [1.165, 1.54) is 6.07 Å². The van der Waals surface area contributed by atoms with E-state index in [-0.39, 0.29) is 23.3 Å². The van der Waals surface area contributed by atoms with Crippen molar-refractivity contribution < 1.29 is 19.1 Å². The molecular formula is C16H14BrNO4. The summed E-state index contributed by atoms with van der Waals surface area (Å²) in [7, 11) is 0. The molecule has 0 bridgehead atoms. The van der Waals surface area contributed by atoms with Gasteiger partial charge in [-0.05, 0) is 30.5 Å². The number of rotatable bonds is 5. The number of furan rings is 1. The molecule has 0 spiro atoms. The Kier molecular flexibility index (Phi) is 4.02. The van der Waals surface area contributed by atoms with E-state index >= 15 is 0 Å². The highest BCUT2D eigenvalue weighted by Crippen LogP contribution is 2.30. The first-order chi connectivity index (χ1) is 10.5. The van der Waals surface area contributed by atoms with Crippen LogP contribution in [0.25, 0.3) is 0 Å². The molecule has 1 fully saturated rings. The molecule has 22 heavy (non-hydrogen) atoms. The van der Waals surface area contributed by atoms with Crippen molar-refractivity contribution in [3.8, 4) is 0 Å². The number of carbonyl (C=O) groups excluding carboxylic acids is 1. The molecule has 0 radical (unpaired) electrons. The van der Waals surface area contributed by atoms with Crippen LogP contribution in [-0.4, -0.2) is 27.9 Å². The fourth-order valence-corrected chi connectivity index (χ4v) is 2.73. The van der Waals surface area contributed by atoms with Crippen LogP contribution < -0.4 is 0 Å². The van der Waals surface area contributed by atoms with E-state index in [9.17, 15) is 9.59 Å². The van der Waals surface area contributed by atoms with Gasteiger partial charge in [0.1, 0.15) is 6.26 Å². The highest BCUT2D eigenvalue weighted by molar-refractivity contribution is 9.10. The number of amides is 1. The van der Waals surface area contributed by atoms with Gasteiger partial charge in [-0.3, -0.25) is 4.79 Å². The normalized spacial score (nSPS) is 13.9. The standard InChI is InChI=1S/C16H14BrNO4/c17-12-3-1-2-10(6-12)8-18(13-4-5-13)15(19)14-7-11(9-22-14)16(20)21/h1-3,6-7,9,13H,4-5,8H2,(H,20,21). The van der Waals surface area contributed by atoms with Gasteiger partial charge in [0.25, 0.3) is 5.91 Å². The summed E-state index contributed by atoms with van der Waals surface area (Å²) >= 11 is 3.42. The summed E-state index contributed by atoms with van der Waals surface area (Å²) < 4.78 is 6.08. The van der Waals surface area contributed by atoms with E-state index < -0.39 is 5.97 Å². The Hall–Kier alpha value is -2.08. The Morgan fingerprint density at radius 2 is 2.09 bits per heavy atom. The minimum absolute atomic E-state index is 0.0125. The average molecular weight is 364 g/mol. The first-order valence-electron chi connectivity index (χ1n) is 6.92. The van der Waals surface area contributed by atoms with Crippen LogP contribution in [-0.2, 0) is 6.54 Å². The van der Waals surface area contributed by atoms with Crippen molar-refractivity contribution >= 4 is 27.8 Å². The molecule has 0 atom stereocenters. The minimum Gasteiger partial charge on any atom is -0.478 e. The van der Waals surface area contributed by atoms with E-state index in [1.54, 1.807) is 4.90 Å². The zero-order chi connectivity index (χ0) is 15.7. The number of aromatic carboxylic acids is 1. The quantitative estimate of drug-likeness (QED) is 0.881. The van der Waals surface area contributed by atoms with Crippen LogP contribution >= 0.6 is 15.9 Å². The molecule has 1 aliphatic carbocycles. The van der Waals surface area contributed by atoms with Gasteiger partial charge in [0.2, 0.25) is 0 Å². The van der Waals surface area contributed by atoms with Gasteiger partial charge in [0.05, 0.1) is 5.56 Å². The Morgan fingerprint density at radius 3 is 2.68 bits per heavy atom. The van der Waals surface area contributed by atoms with Gasteiger partial charge in [-0.1, -0.05) is 28.1 Å². The Balaban J connectivity index is 1.81. The second-order valence-electron chi connectivity index (χ2n) is 5.30. The molecule has 2 aromatic rings. The van der Waals surface area contributed by atoms with Crippen LogP contribution in [0, 0.1) is 0 Å². The largest absolute Gasteiger partial charge is 0.478 e. The summed E-state index contributed by atoms with van der Waals surface area (Å²) in [5.41, 5.74) is 1.00. The number of benzene rings is 1. The van der Waals surface area contributed by atoms with Gasteiger partial charge in [-0.15, -0.1) is 0 Å². The molecule has 114 valence electrons. The predicted octanol–water partition coefficient (Wildman–Crippen LogP) is 3.55. The van der Waals surface area contributed by atoms with Crippen molar-refractivity contribution in [1.82, 2.24) is 4.90 Å². The van der Waals surface area contributed by atoms with Crippen molar-refractivity contribution in [2.75, 3.05) is 0 Å². The molecule has 1 saturated carbocycles. The second-order valence-corrected chi connectivity index (χ2v) is 6.21. The van der Waals surface area contributed by atoms with Gasteiger partial charge >= 0.3 is 5.97 Å². The lowest BCUT2D eigenvalue weighted by atomic mass is 10.2. The Bertz CT molecular complexity index is 720. The molecular weight excluding hydrogens is 350 g/mol. The second kappa shape index (κ2) is 5.96. The van der Waals surface area contributed by atoms with E-state index in [4.69, 9.17) is 9.52 Å². The molecule has 1 heterocycles. The zero-order valence-corrected chi connectivity index (χ0v) is 13.2. The topological polar surface area (TPSA) is 70.7 Å². The molecule has 5 nitrogen and oxygen atoms in total. The van der Waals surface area contributed by atoms with Crippen LogP contribution in [0.2, 0.25) is 0 Å². The number of hydrogen-bond acceptors (Lipinski definition) is 3. The molecule has 0 aliphatic heterocycles. The predicted molar refractivity (Wildman–Crippen MR) is 82.7 cm³/mol. The molecule has 0 unspecified atom stereocenters. The highest BCUT2D eigenvalue weighted by atomic mass is 79.9. The molecule has 3 rings (SSSR count). The average Bonchev–Trinajstić information content (AvgIpc) is 3.19. The van der Waals surface area contributed by atoms with Crippen molar-refractivity contribution in [2.24, 2.45) is 0 Å². The molecule has 1 N–H and O–H groups in total. The van der Waals surface area contributed by atoms with Crippen LogP contribution in [0.1, 0.15) is 39.3 Å². The highest BCUT2D eigenvalue weighted by Gasteiger charge is 2.34. The fraction of sp³-hybridized carbons (Fsp3) is 0.250. The number of nitrogens with zero attached hydrogens (tertiary/aromatic N) is 1. The van der Waals surface area contributed by atoms with Gasteiger partial charge in [-0.2, -0.15) is 0 Å². The lowest BCUT2D eigenvalue weighted by Crippen LogP contribution is -2.32.